The number of ketones is 2. The molecule has 3 rings (SSSR count). The molecular formula is C20H20O4. The Morgan fingerprint density at radius 3 is 1.75 bits per heavy atom. The maximum Gasteiger partial charge on any atom is 0.169 e. The maximum absolute atomic E-state index is 12.8. The van der Waals surface area contributed by atoms with E-state index in [9.17, 15) is 9.59 Å². The summed E-state index contributed by atoms with van der Waals surface area (Å²) in [5.74, 6) is 0.918. The molecule has 0 radical (unpaired) electrons. The molecule has 2 aromatic heterocycles. The largest absolute Gasteiger partial charge is 0.465 e. The third-order valence-electron chi connectivity index (χ3n) is 4.53. The van der Waals surface area contributed by atoms with Gasteiger partial charge in [-0.2, -0.15) is 0 Å². The van der Waals surface area contributed by atoms with E-state index in [1.165, 1.54) is 12.2 Å². The molecule has 0 atom stereocenters. The highest BCUT2D eigenvalue weighted by Gasteiger charge is 2.43. The van der Waals surface area contributed by atoms with E-state index in [0.29, 0.717) is 24.4 Å². The molecule has 0 bridgehead atoms. The fourth-order valence-corrected chi connectivity index (χ4v) is 3.18. The molecule has 0 aromatic carbocycles. The Morgan fingerprint density at radius 2 is 1.33 bits per heavy atom. The monoisotopic (exact) mass is 324 g/mol. The van der Waals surface area contributed by atoms with Gasteiger partial charge in [-0.25, -0.2) is 0 Å². The fraction of sp³-hybridized carbons (Fsp3) is 0.300. The third-order valence-corrected chi connectivity index (χ3v) is 4.53. The topological polar surface area (TPSA) is 60.4 Å². The molecule has 124 valence electrons. The van der Waals surface area contributed by atoms with Crippen molar-refractivity contribution in [3.8, 4) is 0 Å². The van der Waals surface area contributed by atoms with Crippen LogP contribution in [0.3, 0.4) is 0 Å². The van der Waals surface area contributed by atoms with Crippen molar-refractivity contribution in [2.75, 3.05) is 0 Å². The third kappa shape index (κ3) is 3.48. The smallest absolute Gasteiger partial charge is 0.169 e. The van der Waals surface area contributed by atoms with E-state index < -0.39 is 5.41 Å². The van der Waals surface area contributed by atoms with Gasteiger partial charge in [-0.15, -0.1) is 0 Å². The Bertz CT molecular complexity index is 668. The molecule has 4 heteroatoms. The normalized spacial score (nSPS) is 17.5. The quantitative estimate of drug-likeness (QED) is 0.571. The molecular weight excluding hydrogens is 304 g/mol. The summed E-state index contributed by atoms with van der Waals surface area (Å²) < 4.78 is 10.4. The lowest BCUT2D eigenvalue weighted by Gasteiger charge is -2.32. The molecule has 4 nitrogen and oxygen atoms in total. The number of carbonyl (C=O) groups is 2. The number of hydrogen-bond acceptors (Lipinski definition) is 4. The molecule has 0 unspecified atom stereocenters. The van der Waals surface area contributed by atoms with Gasteiger partial charge in [0.05, 0.1) is 17.9 Å². The van der Waals surface area contributed by atoms with E-state index in [-0.39, 0.29) is 11.6 Å². The molecule has 2 aromatic rings. The average molecular weight is 324 g/mol. The van der Waals surface area contributed by atoms with Crippen molar-refractivity contribution in [1.82, 2.24) is 0 Å². The van der Waals surface area contributed by atoms with Crippen molar-refractivity contribution in [2.45, 2.75) is 32.1 Å². The highest BCUT2D eigenvalue weighted by molar-refractivity contribution is 6.17. The van der Waals surface area contributed by atoms with Crippen LogP contribution in [0.1, 0.15) is 43.6 Å². The summed E-state index contributed by atoms with van der Waals surface area (Å²) in [4.78, 5) is 25.6. The summed E-state index contributed by atoms with van der Waals surface area (Å²) in [6, 6.07) is 7.07. The van der Waals surface area contributed by atoms with Gasteiger partial charge in [0.2, 0.25) is 0 Å². The van der Waals surface area contributed by atoms with Gasteiger partial charge in [-0.3, -0.25) is 9.59 Å². The molecule has 24 heavy (non-hydrogen) atoms. The number of carbonyl (C=O) groups excluding carboxylic acids is 2. The summed E-state index contributed by atoms with van der Waals surface area (Å²) >= 11 is 0. The van der Waals surface area contributed by atoms with Gasteiger partial charge in [0, 0.05) is 0 Å². The molecule has 1 aliphatic rings. The minimum absolute atomic E-state index is 0.146. The molecule has 1 saturated carbocycles. The van der Waals surface area contributed by atoms with E-state index in [4.69, 9.17) is 8.83 Å². The molecule has 0 amide bonds. The van der Waals surface area contributed by atoms with Crippen LogP contribution in [0.2, 0.25) is 0 Å². The van der Waals surface area contributed by atoms with Gasteiger partial charge in [0.15, 0.2) is 11.6 Å². The van der Waals surface area contributed by atoms with E-state index in [1.54, 1.807) is 48.9 Å². The zero-order valence-corrected chi connectivity index (χ0v) is 13.4. The van der Waals surface area contributed by atoms with Crippen molar-refractivity contribution in [2.24, 2.45) is 5.41 Å². The number of allylic oxidation sites excluding steroid dienone is 2. The predicted molar refractivity (Wildman–Crippen MR) is 91.0 cm³/mol. The Kier molecular flexibility index (Phi) is 4.94. The first-order valence-corrected chi connectivity index (χ1v) is 8.23. The minimum atomic E-state index is -0.954. The van der Waals surface area contributed by atoms with Crippen molar-refractivity contribution < 1.29 is 18.4 Å². The molecule has 0 N–H and O–H groups in total. The van der Waals surface area contributed by atoms with Crippen LogP contribution in [0.25, 0.3) is 12.2 Å². The molecule has 0 spiro atoms. The summed E-state index contributed by atoms with van der Waals surface area (Å²) in [6.07, 6.45) is 13.3. The van der Waals surface area contributed by atoms with Crippen LogP contribution in [0, 0.1) is 5.41 Å². The fourth-order valence-electron chi connectivity index (χ4n) is 3.18. The SMILES string of the molecule is O=C(/C=C/c1ccco1)C1(C(=O)/C=C/c2ccco2)CCCCC1. The second-order valence-electron chi connectivity index (χ2n) is 6.07. The first kappa shape index (κ1) is 16.2. The Balaban J connectivity index is 1.81. The van der Waals surface area contributed by atoms with Crippen LogP contribution in [-0.2, 0) is 9.59 Å². The van der Waals surface area contributed by atoms with Gasteiger partial charge in [-0.05, 0) is 61.4 Å². The zero-order valence-electron chi connectivity index (χ0n) is 13.4. The maximum atomic E-state index is 12.8. The highest BCUT2D eigenvalue weighted by Crippen LogP contribution is 2.39. The summed E-state index contributed by atoms with van der Waals surface area (Å²) in [5.41, 5.74) is -0.954. The standard InChI is InChI=1S/C20H20O4/c21-18(10-8-16-6-4-14-23-16)20(12-2-1-3-13-20)19(22)11-9-17-7-5-15-24-17/h4-11,14-15H,1-3,12-13H2/b10-8+,11-9+. The van der Waals surface area contributed by atoms with Crippen LogP contribution < -0.4 is 0 Å². The molecule has 0 saturated heterocycles. The first-order valence-electron chi connectivity index (χ1n) is 8.23. The Morgan fingerprint density at radius 1 is 0.833 bits per heavy atom. The summed E-state index contributed by atoms with van der Waals surface area (Å²) in [5, 5.41) is 0. The van der Waals surface area contributed by atoms with E-state index in [1.807, 2.05) is 0 Å². The Labute approximate surface area is 140 Å². The van der Waals surface area contributed by atoms with Crippen molar-refractivity contribution >= 4 is 23.7 Å². The minimum Gasteiger partial charge on any atom is -0.465 e. The second kappa shape index (κ2) is 7.30. The van der Waals surface area contributed by atoms with Gasteiger partial charge in [0.25, 0.3) is 0 Å². The lowest BCUT2D eigenvalue weighted by atomic mass is 9.68. The zero-order chi connectivity index (χ0) is 16.8. The van der Waals surface area contributed by atoms with Gasteiger partial charge in [0.1, 0.15) is 11.5 Å². The summed E-state index contributed by atoms with van der Waals surface area (Å²) in [6.45, 7) is 0. The highest BCUT2D eigenvalue weighted by atomic mass is 16.3. The van der Waals surface area contributed by atoms with E-state index >= 15 is 0 Å². The number of hydrogen-bond donors (Lipinski definition) is 0. The number of rotatable bonds is 6. The lowest BCUT2D eigenvalue weighted by Crippen LogP contribution is -2.39. The number of furan rings is 2. The van der Waals surface area contributed by atoms with Gasteiger partial charge < -0.3 is 8.83 Å². The molecule has 2 heterocycles. The van der Waals surface area contributed by atoms with Gasteiger partial charge >= 0.3 is 0 Å². The van der Waals surface area contributed by atoms with Crippen molar-refractivity contribution in [3.05, 3.63) is 60.5 Å². The molecule has 0 aliphatic heterocycles. The van der Waals surface area contributed by atoms with Crippen LogP contribution in [0.5, 0.6) is 0 Å². The second-order valence-corrected chi connectivity index (χ2v) is 6.07. The van der Waals surface area contributed by atoms with Crippen LogP contribution in [-0.4, -0.2) is 11.6 Å². The Hall–Kier alpha value is -2.62. The molecule has 1 aliphatic carbocycles. The van der Waals surface area contributed by atoms with Crippen molar-refractivity contribution in [3.63, 3.8) is 0 Å². The van der Waals surface area contributed by atoms with Crippen LogP contribution in [0.15, 0.2) is 57.8 Å². The van der Waals surface area contributed by atoms with Crippen LogP contribution >= 0.6 is 0 Å². The lowest BCUT2D eigenvalue weighted by molar-refractivity contribution is -0.137. The summed E-state index contributed by atoms with van der Waals surface area (Å²) in [7, 11) is 0. The van der Waals surface area contributed by atoms with Crippen LogP contribution in [0.4, 0.5) is 0 Å². The molecule has 1 fully saturated rings. The van der Waals surface area contributed by atoms with Crippen molar-refractivity contribution in [1.29, 1.82) is 0 Å². The van der Waals surface area contributed by atoms with E-state index in [2.05, 4.69) is 0 Å². The predicted octanol–water partition coefficient (Wildman–Crippen LogP) is 4.69. The first-order chi connectivity index (χ1) is 11.7. The van der Waals surface area contributed by atoms with E-state index in [0.717, 1.165) is 19.3 Å². The van der Waals surface area contributed by atoms with Gasteiger partial charge in [-0.1, -0.05) is 19.3 Å². The average Bonchev–Trinajstić information content (AvgIpc) is 3.31.